The summed E-state index contributed by atoms with van der Waals surface area (Å²) in [6, 6.07) is 0.0716. The Kier molecular flexibility index (Phi) is 5.04. The maximum absolute atomic E-state index is 12.0. The van der Waals surface area contributed by atoms with Crippen LogP contribution in [-0.2, 0) is 4.79 Å². The van der Waals surface area contributed by atoms with Gasteiger partial charge in [-0.3, -0.25) is 4.79 Å². The Hall–Kier alpha value is -0.570. The van der Waals surface area contributed by atoms with Crippen LogP contribution in [0.2, 0.25) is 0 Å². The minimum absolute atomic E-state index is 0.0716. The molecule has 3 nitrogen and oxygen atoms in total. The normalized spacial score (nSPS) is 30.1. The van der Waals surface area contributed by atoms with Gasteiger partial charge in [-0.15, -0.1) is 0 Å². The third-order valence-corrected chi connectivity index (χ3v) is 4.64. The number of nitrogens with one attached hydrogen (secondary N) is 1. The second-order valence-corrected chi connectivity index (χ2v) is 6.37. The fourth-order valence-electron chi connectivity index (χ4n) is 3.60. The van der Waals surface area contributed by atoms with Gasteiger partial charge in [0.1, 0.15) is 0 Å². The molecule has 1 aliphatic heterocycles. The van der Waals surface area contributed by atoms with Crippen molar-refractivity contribution >= 4 is 5.91 Å². The SMILES string of the molecule is CN(C)C(=O)C1CC(CC2CCCCC2)CCN1. The Bertz CT molecular complexity index is 272. The third kappa shape index (κ3) is 3.71. The molecule has 0 spiro atoms. The highest BCUT2D eigenvalue weighted by Gasteiger charge is 2.29. The summed E-state index contributed by atoms with van der Waals surface area (Å²) in [6.45, 7) is 1.02. The van der Waals surface area contributed by atoms with Crippen LogP contribution >= 0.6 is 0 Å². The van der Waals surface area contributed by atoms with Crippen molar-refractivity contribution < 1.29 is 4.79 Å². The molecule has 2 rings (SSSR count). The van der Waals surface area contributed by atoms with Crippen LogP contribution in [0.5, 0.6) is 0 Å². The molecule has 1 saturated heterocycles. The summed E-state index contributed by atoms with van der Waals surface area (Å²) < 4.78 is 0. The van der Waals surface area contributed by atoms with Crippen LogP contribution < -0.4 is 5.32 Å². The smallest absolute Gasteiger partial charge is 0.239 e. The molecule has 2 fully saturated rings. The maximum atomic E-state index is 12.0. The molecule has 0 radical (unpaired) electrons. The molecule has 0 aromatic rings. The summed E-state index contributed by atoms with van der Waals surface area (Å²) in [5.41, 5.74) is 0. The molecule has 2 aliphatic rings. The van der Waals surface area contributed by atoms with Gasteiger partial charge >= 0.3 is 0 Å². The molecular weight excluding hydrogens is 224 g/mol. The molecule has 18 heavy (non-hydrogen) atoms. The van der Waals surface area contributed by atoms with Crippen molar-refractivity contribution in [2.45, 2.75) is 57.4 Å². The molecule has 104 valence electrons. The highest BCUT2D eigenvalue weighted by molar-refractivity contribution is 5.81. The molecule has 0 aromatic carbocycles. The van der Waals surface area contributed by atoms with E-state index in [2.05, 4.69) is 5.32 Å². The minimum Gasteiger partial charge on any atom is -0.347 e. The number of likely N-dealkylation sites (N-methyl/N-ethyl adjacent to an activating group) is 1. The van der Waals surface area contributed by atoms with Crippen LogP contribution in [0, 0.1) is 11.8 Å². The molecule has 2 atom stereocenters. The Morgan fingerprint density at radius 1 is 1.11 bits per heavy atom. The van der Waals surface area contributed by atoms with Gasteiger partial charge < -0.3 is 10.2 Å². The van der Waals surface area contributed by atoms with E-state index in [1.165, 1.54) is 44.9 Å². The first-order chi connectivity index (χ1) is 8.66. The molecule has 3 heteroatoms. The number of rotatable bonds is 3. The lowest BCUT2D eigenvalue weighted by atomic mass is 9.78. The van der Waals surface area contributed by atoms with E-state index in [4.69, 9.17) is 0 Å². The Morgan fingerprint density at radius 2 is 1.83 bits per heavy atom. The van der Waals surface area contributed by atoms with E-state index in [1.54, 1.807) is 4.90 Å². The van der Waals surface area contributed by atoms with Gasteiger partial charge in [-0.05, 0) is 37.6 Å². The lowest BCUT2D eigenvalue weighted by Gasteiger charge is -2.34. The van der Waals surface area contributed by atoms with E-state index in [0.29, 0.717) is 0 Å². The number of hydrogen-bond donors (Lipinski definition) is 1. The Balaban J connectivity index is 1.80. The number of amides is 1. The first-order valence-corrected chi connectivity index (χ1v) is 7.61. The predicted octanol–water partition coefficient (Wildman–Crippen LogP) is 2.41. The minimum atomic E-state index is 0.0716. The fourth-order valence-corrected chi connectivity index (χ4v) is 3.60. The van der Waals surface area contributed by atoms with Crippen molar-refractivity contribution in [3.8, 4) is 0 Å². The van der Waals surface area contributed by atoms with E-state index in [-0.39, 0.29) is 11.9 Å². The molecule has 0 bridgehead atoms. The lowest BCUT2D eigenvalue weighted by Crippen LogP contribution is -2.48. The van der Waals surface area contributed by atoms with Crippen LogP contribution in [-0.4, -0.2) is 37.5 Å². The van der Waals surface area contributed by atoms with Crippen molar-refractivity contribution in [1.29, 1.82) is 0 Å². The fraction of sp³-hybridized carbons (Fsp3) is 0.933. The monoisotopic (exact) mass is 252 g/mol. The van der Waals surface area contributed by atoms with Crippen LogP contribution in [0.25, 0.3) is 0 Å². The van der Waals surface area contributed by atoms with E-state index >= 15 is 0 Å². The van der Waals surface area contributed by atoms with Crippen molar-refractivity contribution in [1.82, 2.24) is 10.2 Å². The van der Waals surface area contributed by atoms with E-state index < -0.39 is 0 Å². The number of carbonyl (C=O) groups is 1. The maximum Gasteiger partial charge on any atom is 0.239 e. The van der Waals surface area contributed by atoms with Crippen molar-refractivity contribution in [3.63, 3.8) is 0 Å². The zero-order chi connectivity index (χ0) is 13.0. The van der Waals surface area contributed by atoms with Crippen molar-refractivity contribution in [2.75, 3.05) is 20.6 Å². The number of hydrogen-bond acceptors (Lipinski definition) is 2. The summed E-state index contributed by atoms with van der Waals surface area (Å²) in [5.74, 6) is 1.96. The van der Waals surface area contributed by atoms with Gasteiger partial charge in [-0.25, -0.2) is 0 Å². The molecular formula is C15H28N2O. The summed E-state index contributed by atoms with van der Waals surface area (Å²) in [7, 11) is 3.71. The van der Waals surface area contributed by atoms with Gasteiger partial charge in [0, 0.05) is 14.1 Å². The summed E-state index contributed by atoms with van der Waals surface area (Å²) in [5, 5.41) is 3.38. The average Bonchev–Trinajstić information content (AvgIpc) is 2.39. The molecule has 2 unspecified atom stereocenters. The third-order valence-electron chi connectivity index (χ3n) is 4.64. The van der Waals surface area contributed by atoms with E-state index in [9.17, 15) is 4.79 Å². The summed E-state index contributed by atoms with van der Waals surface area (Å²) in [4.78, 5) is 13.7. The van der Waals surface area contributed by atoms with Gasteiger partial charge in [0.25, 0.3) is 0 Å². The summed E-state index contributed by atoms with van der Waals surface area (Å²) in [6.07, 6.45) is 10.8. The zero-order valence-electron chi connectivity index (χ0n) is 12.0. The van der Waals surface area contributed by atoms with Crippen molar-refractivity contribution in [3.05, 3.63) is 0 Å². The number of nitrogens with zero attached hydrogens (tertiary/aromatic N) is 1. The molecule has 1 N–H and O–H groups in total. The number of piperidine rings is 1. The van der Waals surface area contributed by atoms with Gasteiger partial charge in [0.15, 0.2) is 0 Å². The largest absolute Gasteiger partial charge is 0.347 e. The second-order valence-electron chi connectivity index (χ2n) is 6.37. The molecule has 1 heterocycles. The summed E-state index contributed by atoms with van der Waals surface area (Å²) >= 11 is 0. The van der Waals surface area contributed by atoms with Crippen LogP contribution in [0.15, 0.2) is 0 Å². The predicted molar refractivity (Wildman–Crippen MR) is 74.4 cm³/mol. The molecule has 1 saturated carbocycles. The second kappa shape index (κ2) is 6.55. The quantitative estimate of drug-likeness (QED) is 0.836. The topological polar surface area (TPSA) is 32.3 Å². The van der Waals surface area contributed by atoms with Gasteiger partial charge in [0.2, 0.25) is 5.91 Å². The zero-order valence-corrected chi connectivity index (χ0v) is 12.0. The first-order valence-electron chi connectivity index (χ1n) is 7.61. The average molecular weight is 252 g/mol. The highest BCUT2D eigenvalue weighted by atomic mass is 16.2. The van der Waals surface area contributed by atoms with Gasteiger partial charge in [-0.1, -0.05) is 32.1 Å². The Labute approximate surface area is 111 Å². The lowest BCUT2D eigenvalue weighted by molar-refractivity contribution is -0.131. The first kappa shape index (κ1) is 13.9. The van der Waals surface area contributed by atoms with Crippen LogP contribution in [0.1, 0.15) is 51.4 Å². The van der Waals surface area contributed by atoms with Crippen LogP contribution in [0.4, 0.5) is 0 Å². The molecule has 1 aliphatic carbocycles. The standard InChI is InChI=1S/C15H28N2O/c1-17(2)15(18)14-11-13(8-9-16-14)10-12-6-4-3-5-7-12/h12-14,16H,3-11H2,1-2H3. The number of carbonyl (C=O) groups excluding carboxylic acids is 1. The molecule has 1 amide bonds. The van der Waals surface area contributed by atoms with Crippen molar-refractivity contribution in [2.24, 2.45) is 11.8 Å². The van der Waals surface area contributed by atoms with E-state index in [0.717, 1.165) is 24.8 Å². The molecule has 0 aromatic heterocycles. The van der Waals surface area contributed by atoms with Crippen LogP contribution in [0.3, 0.4) is 0 Å². The van der Waals surface area contributed by atoms with Gasteiger partial charge in [-0.2, -0.15) is 0 Å². The van der Waals surface area contributed by atoms with E-state index in [1.807, 2.05) is 14.1 Å². The van der Waals surface area contributed by atoms with Gasteiger partial charge in [0.05, 0.1) is 6.04 Å². The highest BCUT2D eigenvalue weighted by Crippen LogP contribution is 2.32. The Morgan fingerprint density at radius 3 is 2.50 bits per heavy atom.